The monoisotopic (exact) mass is 442 g/mol. The number of ether oxygens (including phenoxy) is 2. The standard InChI is InChI=1S/C32H26O2/c1-4-12-24(13-5-1)20-21-31-33-30-23-26-15-11-10-14-25(26)22-29(30)32(34-31,27-16-6-2-7-17-27)28-18-8-3-9-19-28/h1-19,22-23,31H,20-21H2. The van der Waals surface area contributed by atoms with E-state index in [1.807, 2.05) is 6.07 Å². The minimum Gasteiger partial charge on any atom is -0.464 e. The zero-order valence-electron chi connectivity index (χ0n) is 18.9. The highest BCUT2D eigenvalue weighted by Gasteiger charge is 2.45. The van der Waals surface area contributed by atoms with Gasteiger partial charge in [0.2, 0.25) is 6.29 Å². The van der Waals surface area contributed by atoms with Gasteiger partial charge in [0.25, 0.3) is 0 Å². The first kappa shape index (κ1) is 20.7. The fraction of sp³-hybridized carbons (Fsp3) is 0.125. The summed E-state index contributed by atoms with van der Waals surface area (Å²) in [6.45, 7) is 0. The Hall–Kier alpha value is -3.88. The molecule has 1 aliphatic rings. The van der Waals surface area contributed by atoms with Gasteiger partial charge < -0.3 is 9.47 Å². The summed E-state index contributed by atoms with van der Waals surface area (Å²) in [5, 5.41) is 2.34. The second kappa shape index (κ2) is 8.81. The van der Waals surface area contributed by atoms with Gasteiger partial charge in [-0.3, -0.25) is 0 Å². The van der Waals surface area contributed by atoms with E-state index in [1.165, 1.54) is 16.3 Å². The first-order valence-corrected chi connectivity index (χ1v) is 11.9. The quantitative estimate of drug-likeness (QED) is 0.281. The van der Waals surface area contributed by atoms with Crippen molar-refractivity contribution in [2.24, 2.45) is 0 Å². The summed E-state index contributed by atoms with van der Waals surface area (Å²) in [5.74, 6) is 0.885. The second-order valence-electron chi connectivity index (χ2n) is 8.80. The molecule has 2 nitrogen and oxygen atoms in total. The highest BCUT2D eigenvalue weighted by Crippen LogP contribution is 2.49. The first-order valence-electron chi connectivity index (χ1n) is 11.9. The lowest BCUT2D eigenvalue weighted by molar-refractivity contribution is -0.165. The van der Waals surface area contributed by atoms with Gasteiger partial charge in [0.05, 0.1) is 0 Å². The number of aryl methyl sites for hydroxylation is 1. The Morgan fingerprint density at radius 2 is 1.12 bits per heavy atom. The van der Waals surface area contributed by atoms with Crippen LogP contribution in [0.15, 0.2) is 127 Å². The molecule has 2 heteroatoms. The molecule has 0 amide bonds. The third-order valence-corrected chi connectivity index (χ3v) is 6.67. The fourth-order valence-corrected chi connectivity index (χ4v) is 5.02. The summed E-state index contributed by atoms with van der Waals surface area (Å²) in [5.41, 5.74) is 3.77. The van der Waals surface area contributed by atoms with Crippen molar-refractivity contribution in [1.82, 2.24) is 0 Å². The molecule has 0 radical (unpaired) electrons. The zero-order chi connectivity index (χ0) is 22.8. The molecule has 6 rings (SSSR count). The van der Waals surface area contributed by atoms with Crippen LogP contribution >= 0.6 is 0 Å². The van der Waals surface area contributed by atoms with Gasteiger partial charge in [-0.25, -0.2) is 0 Å². The van der Waals surface area contributed by atoms with Crippen LogP contribution in [0.5, 0.6) is 5.75 Å². The van der Waals surface area contributed by atoms with Gasteiger partial charge in [0.1, 0.15) is 5.75 Å². The van der Waals surface area contributed by atoms with Gasteiger partial charge in [0.15, 0.2) is 5.60 Å². The van der Waals surface area contributed by atoms with Gasteiger partial charge >= 0.3 is 0 Å². The smallest absolute Gasteiger partial charge is 0.201 e. The van der Waals surface area contributed by atoms with Crippen LogP contribution in [0.4, 0.5) is 0 Å². The second-order valence-corrected chi connectivity index (χ2v) is 8.80. The average Bonchev–Trinajstić information content (AvgIpc) is 2.92. The van der Waals surface area contributed by atoms with E-state index >= 15 is 0 Å². The lowest BCUT2D eigenvalue weighted by Gasteiger charge is -2.43. The van der Waals surface area contributed by atoms with Crippen LogP contribution in [0.25, 0.3) is 10.8 Å². The predicted octanol–water partition coefficient (Wildman–Crippen LogP) is 7.50. The Bertz CT molecular complexity index is 1360. The van der Waals surface area contributed by atoms with E-state index in [2.05, 4.69) is 121 Å². The van der Waals surface area contributed by atoms with Crippen LogP contribution in [0.2, 0.25) is 0 Å². The van der Waals surface area contributed by atoms with E-state index in [1.54, 1.807) is 0 Å². The Morgan fingerprint density at radius 3 is 1.74 bits per heavy atom. The lowest BCUT2D eigenvalue weighted by atomic mass is 9.78. The van der Waals surface area contributed by atoms with E-state index in [0.717, 1.165) is 35.3 Å². The van der Waals surface area contributed by atoms with E-state index < -0.39 is 5.60 Å². The Kier molecular flexibility index (Phi) is 5.37. The summed E-state index contributed by atoms with van der Waals surface area (Å²) in [7, 11) is 0. The summed E-state index contributed by atoms with van der Waals surface area (Å²) < 4.78 is 13.6. The minimum absolute atomic E-state index is 0.380. The van der Waals surface area contributed by atoms with E-state index in [0.29, 0.717) is 0 Å². The molecule has 1 atom stereocenters. The van der Waals surface area contributed by atoms with Crippen molar-refractivity contribution in [1.29, 1.82) is 0 Å². The van der Waals surface area contributed by atoms with Crippen LogP contribution in [0, 0.1) is 0 Å². The molecular formula is C32H26O2. The fourth-order valence-electron chi connectivity index (χ4n) is 5.02. The molecule has 34 heavy (non-hydrogen) atoms. The number of hydrogen-bond donors (Lipinski definition) is 0. The van der Waals surface area contributed by atoms with Gasteiger partial charge in [0, 0.05) is 12.0 Å². The molecule has 0 aromatic heterocycles. The molecule has 0 aliphatic carbocycles. The third kappa shape index (κ3) is 3.67. The predicted molar refractivity (Wildman–Crippen MR) is 137 cm³/mol. The molecule has 0 spiro atoms. The molecule has 1 heterocycles. The van der Waals surface area contributed by atoms with Gasteiger partial charge in [-0.05, 0) is 46.0 Å². The van der Waals surface area contributed by atoms with Gasteiger partial charge in [-0.15, -0.1) is 0 Å². The van der Waals surface area contributed by atoms with Crippen LogP contribution in [-0.4, -0.2) is 6.29 Å². The van der Waals surface area contributed by atoms with Crippen molar-refractivity contribution in [3.05, 3.63) is 150 Å². The molecule has 0 saturated carbocycles. The summed E-state index contributed by atoms with van der Waals surface area (Å²) >= 11 is 0. The van der Waals surface area contributed by atoms with E-state index in [4.69, 9.17) is 9.47 Å². The first-order chi connectivity index (χ1) is 16.8. The molecule has 0 N–H and O–H groups in total. The van der Waals surface area contributed by atoms with Crippen LogP contribution in [-0.2, 0) is 16.8 Å². The SMILES string of the molecule is c1ccc(CCC2Oc3cc4ccccc4cc3C(c3ccccc3)(c3ccccc3)O2)cc1. The molecule has 1 aliphatic heterocycles. The molecule has 0 fully saturated rings. The highest BCUT2D eigenvalue weighted by molar-refractivity contribution is 5.86. The molecular weight excluding hydrogens is 416 g/mol. The molecule has 5 aromatic carbocycles. The Labute approximate surface area is 200 Å². The van der Waals surface area contributed by atoms with Crippen LogP contribution < -0.4 is 4.74 Å². The van der Waals surface area contributed by atoms with Gasteiger partial charge in [-0.2, -0.15) is 0 Å². The van der Waals surface area contributed by atoms with Crippen molar-refractivity contribution in [2.75, 3.05) is 0 Å². The molecule has 5 aromatic rings. The highest BCUT2D eigenvalue weighted by atomic mass is 16.7. The topological polar surface area (TPSA) is 18.5 Å². The van der Waals surface area contributed by atoms with Crippen molar-refractivity contribution < 1.29 is 9.47 Å². The number of fused-ring (bicyclic) bond motifs is 2. The summed E-state index contributed by atoms with van der Waals surface area (Å²) in [6.07, 6.45) is 1.26. The number of rotatable bonds is 5. The molecule has 0 bridgehead atoms. The maximum absolute atomic E-state index is 7.02. The zero-order valence-corrected chi connectivity index (χ0v) is 18.9. The van der Waals surface area contributed by atoms with Crippen LogP contribution in [0.3, 0.4) is 0 Å². The number of benzene rings is 5. The number of hydrogen-bond acceptors (Lipinski definition) is 2. The molecule has 0 saturated heterocycles. The lowest BCUT2D eigenvalue weighted by Crippen LogP contribution is -2.43. The van der Waals surface area contributed by atoms with Crippen molar-refractivity contribution in [3.63, 3.8) is 0 Å². The maximum atomic E-state index is 7.02. The van der Waals surface area contributed by atoms with Crippen molar-refractivity contribution in [2.45, 2.75) is 24.7 Å². The van der Waals surface area contributed by atoms with Crippen molar-refractivity contribution in [3.8, 4) is 5.75 Å². The third-order valence-electron chi connectivity index (χ3n) is 6.67. The maximum Gasteiger partial charge on any atom is 0.201 e. The normalized spacial score (nSPS) is 16.5. The molecule has 1 unspecified atom stereocenters. The summed E-state index contributed by atoms with van der Waals surface area (Å²) in [6, 6.07) is 44.4. The van der Waals surface area contributed by atoms with Crippen molar-refractivity contribution >= 4 is 10.8 Å². The van der Waals surface area contributed by atoms with Crippen LogP contribution in [0.1, 0.15) is 28.7 Å². The van der Waals surface area contributed by atoms with E-state index in [-0.39, 0.29) is 6.29 Å². The Morgan fingerprint density at radius 1 is 0.588 bits per heavy atom. The average molecular weight is 443 g/mol. The van der Waals surface area contributed by atoms with Gasteiger partial charge in [-0.1, -0.05) is 115 Å². The Balaban J connectivity index is 1.54. The van der Waals surface area contributed by atoms with E-state index in [9.17, 15) is 0 Å². The minimum atomic E-state index is -0.762. The molecule has 166 valence electrons. The summed E-state index contributed by atoms with van der Waals surface area (Å²) in [4.78, 5) is 0. The largest absolute Gasteiger partial charge is 0.464 e.